The molecule has 1 heteroatoms. The molecule has 0 aliphatic heterocycles. The van der Waals surface area contributed by atoms with Gasteiger partial charge in [-0.2, -0.15) is 0 Å². The first-order valence-electron chi connectivity index (χ1n) is 4.56. The van der Waals surface area contributed by atoms with Crippen LogP contribution in [0.25, 0.3) is 0 Å². The van der Waals surface area contributed by atoms with Crippen molar-refractivity contribution in [3.8, 4) is 0 Å². The molecule has 0 aromatic carbocycles. The van der Waals surface area contributed by atoms with Crippen molar-refractivity contribution >= 4 is 6.29 Å². The van der Waals surface area contributed by atoms with Crippen LogP contribution in [-0.2, 0) is 4.79 Å². The molecule has 0 spiro atoms. The van der Waals surface area contributed by atoms with Crippen LogP contribution in [0.5, 0.6) is 0 Å². The summed E-state index contributed by atoms with van der Waals surface area (Å²) in [6.07, 6.45) is 6.19. The van der Waals surface area contributed by atoms with Gasteiger partial charge in [0.05, 0.1) is 0 Å². The Balaban J connectivity index is 2.26. The summed E-state index contributed by atoms with van der Waals surface area (Å²) in [7, 11) is 0. The van der Waals surface area contributed by atoms with E-state index in [0.29, 0.717) is 5.41 Å². The molecule has 0 heterocycles. The van der Waals surface area contributed by atoms with Gasteiger partial charge in [0.15, 0.2) is 0 Å². The van der Waals surface area contributed by atoms with Crippen molar-refractivity contribution in [2.45, 2.75) is 39.5 Å². The molecule has 0 radical (unpaired) electrons. The van der Waals surface area contributed by atoms with Crippen molar-refractivity contribution < 1.29 is 4.79 Å². The zero-order chi connectivity index (χ0) is 8.11. The first-order valence-corrected chi connectivity index (χ1v) is 4.56. The summed E-state index contributed by atoms with van der Waals surface area (Å²) < 4.78 is 0. The second-order valence-electron chi connectivity index (χ2n) is 4.91. The van der Waals surface area contributed by atoms with Crippen LogP contribution in [-0.4, -0.2) is 6.29 Å². The molecule has 3 rings (SSSR count). The molecular weight excluding hydrogens is 136 g/mol. The zero-order valence-corrected chi connectivity index (χ0v) is 7.39. The van der Waals surface area contributed by atoms with Crippen LogP contribution in [0.2, 0.25) is 0 Å². The monoisotopic (exact) mass is 152 g/mol. The Morgan fingerprint density at radius 2 is 2.00 bits per heavy atom. The summed E-state index contributed by atoms with van der Waals surface area (Å²) in [6, 6.07) is 0. The van der Waals surface area contributed by atoms with Crippen LogP contribution < -0.4 is 0 Å². The Bertz CT molecular complexity index is 191. The molecule has 3 aliphatic rings. The van der Waals surface area contributed by atoms with Gasteiger partial charge in [0.25, 0.3) is 0 Å². The van der Waals surface area contributed by atoms with Crippen molar-refractivity contribution in [2.75, 3.05) is 0 Å². The first kappa shape index (κ1) is 7.33. The van der Waals surface area contributed by atoms with Crippen molar-refractivity contribution in [1.29, 1.82) is 0 Å². The van der Waals surface area contributed by atoms with E-state index in [9.17, 15) is 4.79 Å². The molecule has 0 aromatic heterocycles. The molecule has 3 aliphatic carbocycles. The van der Waals surface area contributed by atoms with Crippen molar-refractivity contribution in [3.05, 3.63) is 0 Å². The minimum atomic E-state index is 0.00174. The Labute approximate surface area is 68.2 Å². The quantitative estimate of drug-likeness (QED) is 0.527. The smallest absolute Gasteiger partial charge is 0.126 e. The van der Waals surface area contributed by atoms with Gasteiger partial charge in [-0.1, -0.05) is 13.8 Å². The fraction of sp³-hybridized carbons (Fsp3) is 0.900. The van der Waals surface area contributed by atoms with E-state index in [1.807, 2.05) is 0 Å². The molecule has 3 fully saturated rings. The van der Waals surface area contributed by atoms with Gasteiger partial charge in [0, 0.05) is 5.41 Å². The Morgan fingerprint density at radius 1 is 1.36 bits per heavy atom. The maximum atomic E-state index is 10.9. The Kier molecular flexibility index (Phi) is 1.25. The highest BCUT2D eigenvalue weighted by atomic mass is 16.1. The minimum absolute atomic E-state index is 0.00174. The average molecular weight is 152 g/mol. The number of hydrogen-bond acceptors (Lipinski definition) is 1. The molecule has 1 nitrogen and oxygen atoms in total. The van der Waals surface area contributed by atoms with Crippen LogP contribution in [0.3, 0.4) is 0 Å². The number of carbonyl (C=O) groups is 1. The van der Waals surface area contributed by atoms with E-state index in [4.69, 9.17) is 0 Å². The predicted molar refractivity (Wildman–Crippen MR) is 44.2 cm³/mol. The van der Waals surface area contributed by atoms with E-state index in [1.54, 1.807) is 0 Å². The lowest BCUT2D eigenvalue weighted by Gasteiger charge is -2.59. The first-order chi connectivity index (χ1) is 5.10. The van der Waals surface area contributed by atoms with Crippen LogP contribution in [0.1, 0.15) is 39.5 Å². The third-order valence-electron chi connectivity index (χ3n) is 4.19. The zero-order valence-electron chi connectivity index (χ0n) is 7.39. The molecule has 0 saturated heterocycles. The molecule has 0 amide bonds. The second kappa shape index (κ2) is 1.88. The van der Waals surface area contributed by atoms with Gasteiger partial charge in [0.1, 0.15) is 6.29 Å². The van der Waals surface area contributed by atoms with Gasteiger partial charge in [-0.15, -0.1) is 0 Å². The minimum Gasteiger partial charge on any atom is -0.303 e. The van der Waals surface area contributed by atoms with E-state index < -0.39 is 0 Å². The van der Waals surface area contributed by atoms with Crippen LogP contribution in [0.15, 0.2) is 0 Å². The van der Waals surface area contributed by atoms with Crippen LogP contribution in [0, 0.1) is 16.7 Å². The van der Waals surface area contributed by atoms with E-state index in [2.05, 4.69) is 13.8 Å². The van der Waals surface area contributed by atoms with Gasteiger partial charge in [-0.3, -0.25) is 0 Å². The second-order valence-corrected chi connectivity index (χ2v) is 4.91. The summed E-state index contributed by atoms with van der Waals surface area (Å²) >= 11 is 0. The van der Waals surface area contributed by atoms with Crippen molar-refractivity contribution in [2.24, 2.45) is 16.7 Å². The lowest BCUT2D eigenvalue weighted by molar-refractivity contribution is -0.144. The van der Waals surface area contributed by atoms with Gasteiger partial charge in [-0.25, -0.2) is 0 Å². The lowest BCUT2D eigenvalue weighted by atomic mass is 9.44. The lowest BCUT2D eigenvalue weighted by Crippen LogP contribution is -2.53. The van der Waals surface area contributed by atoms with Gasteiger partial charge >= 0.3 is 0 Å². The summed E-state index contributed by atoms with van der Waals surface area (Å²) in [4.78, 5) is 10.9. The van der Waals surface area contributed by atoms with Crippen molar-refractivity contribution in [3.63, 3.8) is 0 Å². The number of fused-ring (bicyclic) bond motifs is 2. The van der Waals surface area contributed by atoms with Crippen LogP contribution in [0.4, 0.5) is 0 Å². The Hall–Kier alpha value is -0.330. The summed E-state index contributed by atoms with van der Waals surface area (Å²) in [5.74, 6) is 0.952. The van der Waals surface area contributed by atoms with Crippen molar-refractivity contribution in [1.82, 2.24) is 0 Å². The third kappa shape index (κ3) is 0.743. The third-order valence-corrected chi connectivity index (χ3v) is 4.19. The number of aldehydes is 1. The maximum Gasteiger partial charge on any atom is 0.126 e. The molecule has 0 N–H and O–H groups in total. The molecule has 1 atom stereocenters. The fourth-order valence-electron chi connectivity index (χ4n) is 2.89. The van der Waals surface area contributed by atoms with E-state index in [-0.39, 0.29) is 5.41 Å². The molecule has 3 saturated carbocycles. The highest BCUT2D eigenvalue weighted by Crippen LogP contribution is 2.63. The standard InChI is InChI=1S/C10H16O/c1-9(7-11)4-3-8-5-10(9,2)6-8/h7-8H,3-6H2,1-2H3. The van der Waals surface area contributed by atoms with Crippen LogP contribution >= 0.6 is 0 Å². The van der Waals surface area contributed by atoms with E-state index >= 15 is 0 Å². The molecule has 62 valence electrons. The summed E-state index contributed by atoms with van der Waals surface area (Å²) in [5, 5.41) is 0. The van der Waals surface area contributed by atoms with Gasteiger partial charge < -0.3 is 4.79 Å². The molecule has 0 aromatic rings. The topological polar surface area (TPSA) is 17.1 Å². The number of carbonyl (C=O) groups excluding carboxylic acids is 1. The fourth-order valence-corrected chi connectivity index (χ4v) is 2.89. The molecule has 2 bridgehead atoms. The largest absolute Gasteiger partial charge is 0.303 e. The predicted octanol–water partition coefficient (Wildman–Crippen LogP) is 2.40. The van der Waals surface area contributed by atoms with Gasteiger partial charge in [-0.05, 0) is 37.0 Å². The SMILES string of the molecule is CC1(C=O)CCC2CC1(C)C2. The maximum absolute atomic E-state index is 10.9. The number of rotatable bonds is 1. The van der Waals surface area contributed by atoms with E-state index in [1.165, 1.54) is 25.5 Å². The molecule has 11 heavy (non-hydrogen) atoms. The van der Waals surface area contributed by atoms with Gasteiger partial charge in [0.2, 0.25) is 0 Å². The molecular formula is C10H16O. The Morgan fingerprint density at radius 3 is 2.36 bits per heavy atom. The van der Waals surface area contributed by atoms with E-state index in [0.717, 1.165) is 12.3 Å². The molecule has 1 unspecified atom stereocenters. The highest BCUT2D eigenvalue weighted by molar-refractivity contribution is 5.61. The normalized spacial score (nSPS) is 54.9. The summed E-state index contributed by atoms with van der Waals surface area (Å²) in [6.45, 7) is 4.41. The average Bonchev–Trinajstić information content (AvgIpc) is 1.93. The number of hydrogen-bond donors (Lipinski definition) is 0. The highest BCUT2D eigenvalue weighted by Gasteiger charge is 2.56. The summed E-state index contributed by atoms with van der Waals surface area (Å²) in [5.41, 5.74) is 0.361.